The van der Waals surface area contributed by atoms with Crippen molar-refractivity contribution in [2.24, 2.45) is 0 Å². The largest absolute Gasteiger partial charge is 0.488 e. The Hall–Kier alpha value is -1.76. The molecule has 0 fully saturated rings. The number of hydrogen-bond acceptors (Lipinski definition) is 1. The summed E-state index contributed by atoms with van der Waals surface area (Å²) in [7, 11) is 0. The van der Waals surface area contributed by atoms with Gasteiger partial charge in [-0.1, -0.05) is 42.5 Å². The lowest BCUT2D eigenvalue weighted by Crippen LogP contribution is -2.30. The molecule has 0 N–H and O–H groups in total. The first-order valence-electron chi connectivity index (χ1n) is 5.85. The molecule has 0 aliphatic rings. The highest BCUT2D eigenvalue weighted by Crippen LogP contribution is 2.21. The van der Waals surface area contributed by atoms with Crippen LogP contribution in [-0.4, -0.2) is 5.60 Å². The topological polar surface area (TPSA) is 9.23 Å². The molecule has 0 aromatic heterocycles. The van der Waals surface area contributed by atoms with E-state index in [0.29, 0.717) is 0 Å². The highest BCUT2D eigenvalue weighted by atomic mass is 16.5. The molecule has 2 aromatic rings. The van der Waals surface area contributed by atoms with Crippen LogP contribution in [0.25, 0.3) is 0 Å². The second-order valence-corrected chi connectivity index (χ2v) is 4.76. The van der Waals surface area contributed by atoms with Gasteiger partial charge in [0, 0.05) is 6.42 Å². The fourth-order valence-corrected chi connectivity index (χ4v) is 1.88. The summed E-state index contributed by atoms with van der Waals surface area (Å²) >= 11 is 0. The van der Waals surface area contributed by atoms with E-state index in [2.05, 4.69) is 44.2 Å². The van der Waals surface area contributed by atoms with Crippen LogP contribution in [-0.2, 0) is 6.42 Å². The zero-order valence-electron chi connectivity index (χ0n) is 10.3. The van der Waals surface area contributed by atoms with E-state index in [9.17, 15) is 0 Å². The van der Waals surface area contributed by atoms with Crippen molar-refractivity contribution in [2.75, 3.05) is 0 Å². The van der Waals surface area contributed by atoms with Gasteiger partial charge in [-0.2, -0.15) is 0 Å². The smallest absolute Gasteiger partial charge is 0.120 e. The van der Waals surface area contributed by atoms with E-state index < -0.39 is 0 Å². The van der Waals surface area contributed by atoms with E-state index in [0.717, 1.165) is 12.2 Å². The molecule has 1 nitrogen and oxygen atoms in total. The summed E-state index contributed by atoms with van der Waals surface area (Å²) in [5, 5.41) is 0. The van der Waals surface area contributed by atoms with Crippen LogP contribution in [0.3, 0.4) is 0 Å². The molecule has 0 amide bonds. The van der Waals surface area contributed by atoms with E-state index in [1.165, 1.54) is 5.56 Å². The lowest BCUT2D eigenvalue weighted by atomic mass is 9.98. The Morgan fingerprint density at radius 3 is 2.29 bits per heavy atom. The zero-order valence-corrected chi connectivity index (χ0v) is 10.3. The van der Waals surface area contributed by atoms with Gasteiger partial charge in [0.05, 0.1) is 0 Å². The van der Waals surface area contributed by atoms with Crippen LogP contribution in [0.5, 0.6) is 5.75 Å². The molecule has 0 bridgehead atoms. The highest BCUT2D eigenvalue weighted by molar-refractivity contribution is 5.22. The first kappa shape index (κ1) is 11.7. The van der Waals surface area contributed by atoms with Gasteiger partial charge in [-0.3, -0.25) is 0 Å². The Morgan fingerprint density at radius 2 is 1.65 bits per heavy atom. The van der Waals surface area contributed by atoms with E-state index in [1.807, 2.05) is 30.3 Å². The first-order chi connectivity index (χ1) is 8.16. The molecule has 0 saturated heterocycles. The quantitative estimate of drug-likeness (QED) is 0.767. The number of hydrogen-bond donors (Lipinski definition) is 0. The Labute approximate surface area is 103 Å². The van der Waals surface area contributed by atoms with Crippen molar-refractivity contribution < 1.29 is 4.74 Å². The molecule has 0 saturated carbocycles. The molecule has 0 unspecified atom stereocenters. The van der Waals surface area contributed by atoms with Crippen molar-refractivity contribution in [3.05, 3.63) is 66.2 Å². The van der Waals surface area contributed by atoms with Crippen molar-refractivity contribution in [3.63, 3.8) is 0 Å². The average Bonchev–Trinajstić information content (AvgIpc) is 2.30. The van der Waals surface area contributed by atoms with Crippen LogP contribution in [0.15, 0.2) is 54.6 Å². The lowest BCUT2D eigenvalue weighted by Gasteiger charge is -2.26. The van der Waals surface area contributed by atoms with E-state index >= 15 is 0 Å². The Morgan fingerprint density at radius 1 is 1.00 bits per heavy atom. The Balaban J connectivity index is 2.04. The van der Waals surface area contributed by atoms with Gasteiger partial charge in [-0.15, -0.1) is 0 Å². The average molecular weight is 225 g/mol. The SMILES string of the molecule is CC(C)(Cc1ccccc1)Oc1cc[c]cc1. The number of benzene rings is 2. The maximum absolute atomic E-state index is 5.99. The third-order valence-electron chi connectivity index (χ3n) is 2.55. The van der Waals surface area contributed by atoms with Gasteiger partial charge in [0.1, 0.15) is 11.4 Å². The molecule has 2 rings (SSSR count). The van der Waals surface area contributed by atoms with E-state index in [1.54, 1.807) is 0 Å². The number of ether oxygens (including phenoxy) is 1. The van der Waals surface area contributed by atoms with Gasteiger partial charge in [0.2, 0.25) is 0 Å². The van der Waals surface area contributed by atoms with E-state index in [-0.39, 0.29) is 5.60 Å². The van der Waals surface area contributed by atoms with Crippen LogP contribution in [0.2, 0.25) is 0 Å². The summed E-state index contributed by atoms with van der Waals surface area (Å²) in [6.07, 6.45) is 0.895. The third kappa shape index (κ3) is 3.63. The molecule has 0 aliphatic carbocycles. The zero-order chi connectivity index (χ0) is 12.1. The Bertz CT molecular complexity index is 402. The maximum Gasteiger partial charge on any atom is 0.120 e. The normalized spacial score (nSPS) is 11.2. The molecule has 0 aliphatic heterocycles. The molecule has 2 aromatic carbocycles. The van der Waals surface area contributed by atoms with Crippen molar-refractivity contribution >= 4 is 0 Å². The molecule has 0 spiro atoms. The minimum absolute atomic E-state index is 0.206. The van der Waals surface area contributed by atoms with Crippen LogP contribution < -0.4 is 4.74 Å². The molecule has 0 heterocycles. The fraction of sp³-hybridized carbons (Fsp3) is 0.250. The monoisotopic (exact) mass is 225 g/mol. The summed E-state index contributed by atoms with van der Waals surface area (Å²) in [5.41, 5.74) is 1.09. The summed E-state index contributed by atoms with van der Waals surface area (Å²) in [6, 6.07) is 21.0. The Kier molecular flexibility index (Phi) is 3.48. The second-order valence-electron chi connectivity index (χ2n) is 4.76. The summed E-state index contributed by atoms with van der Waals surface area (Å²) in [5.74, 6) is 0.893. The van der Waals surface area contributed by atoms with Gasteiger partial charge in [0.25, 0.3) is 0 Å². The minimum Gasteiger partial charge on any atom is -0.488 e. The van der Waals surface area contributed by atoms with Gasteiger partial charge in [-0.25, -0.2) is 0 Å². The lowest BCUT2D eigenvalue weighted by molar-refractivity contribution is 0.110. The van der Waals surface area contributed by atoms with Crippen LogP contribution in [0.4, 0.5) is 0 Å². The first-order valence-corrected chi connectivity index (χ1v) is 5.85. The van der Waals surface area contributed by atoms with Gasteiger partial charge in [-0.05, 0) is 37.6 Å². The second kappa shape index (κ2) is 5.05. The summed E-state index contributed by atoms with van der Waals surface area (Å²) in [6.45, 7) is 4.22. The van der Waals surface area contributed by atoms with Crippen molar-refractivity contribution in [1.82, 2.24) is 0 Å². The maximum atomic E-state index is 5.99. The van der Waals surface area contributed by atoms with Crippen LogP contribution >= 0.6 is 0 Å². The molecule has 17 heavy (non-hydrogen) atoms. The van der Waals surface area contributed by atoms with Crippen LogP contribution in [0.1, 0.15) is 19.4 Å². The van der Waals surface area contributed by atoms with Crippen molar-refractivity contribution in [3.8, 4) is 5.75 Å². The standard InChI is InChI=1S/C16H17O/c1-16(2,13-14-9-5-3-6-10-14)17-15-11-7-4-8-12-15/h3,5-12H,13H2,1-2H3. The van der Waals surface area contributed by atoms with Crippen LogP contribution in [0, 0.1) is 6.07 Å². The molecule has 1 radical (unpaired) electrons. The van der Waals surface area contributed by atoms with E-state index in [4.69, 9.17) is 4.74 Å². The van der Waals surface area contributed by atoms with Crippen molar-refractivity contribution in [1.29, 1.82) is 0 Å². The molecular weight excluding hydrogens is 208 g/mol. The molecule has 0 atom stereocenters. The summed E-state index contributed by atoms with van der Waals surface area (Å²) < 4.78 is 5.99. The predicted octanol–water partition coefficient (Wildman–Crippen LogP) is 3.89. The third-order valence-corrected chi connectivity index (χ3v) is 2.55. The highest BCUT2D eigenvalue weighted by Gasteiger charge is 2.20. The van der Waals surface area contributed by atoms with Gasteiger partial charge < -0.3 is 4.74 Å². The van der Waals surface area contributed by atoms with Gasteiger partial charge in [0.15, 0.2) is 0 Å². The molecular formula is C16H17O. The van der Waals surface area contributed by atoms with Crippen molar-refractivity contribution in [2.45, 2.75) is 25.9 Å². The minimum atomic E-state index is -0.206. The molecule has 1 heteroatoms. The summed E-state index contributed by atoms with van der Waals surface area (Å²) in [4.78, 5) is 0. The predicted molar refractivity (Wildman–Crippen MR) is 70.1 cm³/mol. The molecule has 87 valence electrons. The van der Waals surface area contributed by atoms with Gasteiger partial charge >= 0.3 is 0 Å². The fourth-order valence-electron chi connectivity index (χ4n) is 1.88. The number of rotatable bonds is 4.